The van der Waals surface area contributed by atoms with Gasteiger partial charge in [0.05, 0.1) is 18.6 Å². The van der Waals surface area contributed by atoms with Gasteiger partial charge in [-0.25, -0.2) is 0 Å². The molecule has 1 aliphatic rings. The van der Waals surface area contributed by atoms with Crippen LogP contribution in [0.5, 0.6) is 0 Å². The number of alkyl halides is 3. The highest BCUT2D eigenvalue weighted by Gasteiger charge is 2.38. The molecule has 0 atom stereocenters. The Bertz CT molecular complexity index is 214. The Morgan fingerprint density at radius 2 is 1.94 bits per heavy atom. The van der Waals surface area contributed by atoms with E-state index in [1.807, 2.05) is 0 Å². The van der Waals surface area contributed by atoms with E-state index in [1.54, 1.807) is 0 Å². The van der Waals surface area contributed by atoms with Crippen LogP contribution in [0.15, 0.2) is 0 Å². The molecule has 2 nitrogen and oxygen atoms in total. The van der Waals surface area contributed by atoms with E-state index in [1.165, 1.54) is 0 Å². The molecule has 1 fully saturated rings. The van der Waals surface area contributed by atoms with Crippen molar-refractivity contribution in [2.24, 2.45) is 0 Å². The molecule has 0 heterocycles. The third-order valence-corrected chi connectivity index (χ3v) is 3.24. The molecule has 0 amide bonds. The van der Waals surface area contributed by atoms with Gasteiger partial charge in [-0.05, 0) is 45.2 Å². The van der Waals surface area contributed by atoms with Crippen LogP contribution in [0.25, 0.3) is 0 Å². The molecule has 1 rings (SSSR count). The summed E-state index contributed by atoms with van der Waals surface area (Å²) in [5.41, 5.74) is -0.272. The van der Waals surface area contributed by atoms with E-state index >= 15 is 0 Å². The molecule has 0 saturated heterocycles. The molecule has 1 N–H and O–H groups in total. The standard InChI is InChI=1S/C12H22F3NO/c1-2-8-16-9-6-11(4-3-5-11)17-10-7-12(13,14)15/h16H,2-10H2,1H3. The van der Waals surface area contributed by atoms with E-state index in [-0.39, 0.29) is 12.2 Å². The summed E-state index contributed by atoms with van der Waals surface area (Å²) in [5.74, 6) is 0. The van der Waals surface area contributed by atoms with Crippen molar-refractivity contribution in [3.8, 4) is 0 Å². The van der Waals surface area contributed by atoms with Crippen molar-refractivity contribution in [2.75, 3.05) is 19.7 Å². The average molecular weight is 253 g/mol. The first-order valence-corrected chi connectivity index (χ1v) is 6.39. The van der Waals surface area contributed by atoms with Crippen LogP contribution in [0, 0.1) is 0 Å². The second-order valence-electron chi connectivity index (χ2n) is 4.75. The van der Waals surface area contributed by atoms with Crippen LogP contribution < -0.4 is 5.32 Å². The van der Waals surface area contributed by atoms with Gasteiger partial charge in [0.1, 0.15) is 0 Å². The molecule has 1 saturated carbocycles. The summed E-state index contributed by atoms with van der Waals surface area (Å²) in [6.07, 6.45) is -0.174. The molecule has 5 heteroatoms. The lowest BCUT2D eigenvalue weighted by atomic mass is 9.77. The second kappa shape index (κ2) is 6.59. The van der Waals surface area contributed by atoms with Gasteiger partial charge in [-0.15, -0.1) is 0 Å². The Morgan fingerprint density at radius 1 is 1.24 bits per heavy atom. The zero-order valence-electron chi connectivity index (χ0n) is 10.4. The lowest BCUT2D eigenvalue weighted by Crippen LogP contribution is -2.43. The minimum atomic E-state index is -4.11. The van der Waals surface area contributed by atoms with Gasteiger partial charge in [-0.1, -0.05) is 6.92 Å². The highest BCUT2D eigenvalue weighted by molar-refractivity contribution is 4.90. The third kappa shape index (κ3) is 5.73. The summed E-state index contributed by atoms with van der Waals surface area (Å²) < 4.78 is 41.5. The van der Waals surface area contributed by atoms with Crippen molar-refractivity contribution in [1.29, 1.82) is 0 Å². The number of nitrogens with one attached hydrogen (secondary N) is 1. The van der Waals surface area contributed by atoms with Crippen LogP contribution in [0.3, 0.4) is 0 Å². The first kappa shape index (κ1) is 14.8. The van der Waals surface area contributed by atoms with E-state index < -0.39 is 12.6 Å². The SMILES string of the molecule is CCCNCCC1(OCCC(F)(F)F)CCC1. The maximum absolute atomic E-state index is 12.0. The average Bonchev–Trinajstić information content (AvgIpc) is 2.17. The number of hydrogen-bond acceptors (Lipinski definition) is 2. The summed E-state index contributed by atoms with van der Waals surface area (Å²) >= 11 is 0. The number of ether oxygens (including phenoxy) is 1. The second-order valence-corrected chi connectivity index (χ2v) is 4.75. The van der Waals surface area contributed by atoms with Crippen molar-refractivity contribution in [2.45, 2.75) is 57.2 Å². The Hall–Kier alpha value is -0.290. The van der Waals surface area contributed by atoms with Crippen molar-refractivity contribution in [3.63, 3.8) is 0 Å². The highest BCUT2D eigenvalue weighted by Crippen LogP contribution is 2.38. The Kier molecular flexibility index (Phi) is 5.73. The van der Waals surface area contributed by atoms with Gasteiger partial charge in [0.15, 0.2) is 0 Å². The van der Waals surface area contributed by atoms with Gasteiger partial charge < -0.3 is 10.1 Å². The van der Waals surface area contributed by atoms with E-state index in [0.29, 0.717) is 0 Å². The van der Waals surface area contributed by atoms with E-state index in [9.17, 15) is 13.2 Å². The molecule has 102 valence electrons. The predicted molar refractivity (Wildman–Crippen MR) is 61.0 cm³/mol. The molecule has 0 aromatic rings. The largest absolute Gasteiger partial charge is 0.391 e. The summed E-state index contributed by atoms with van der Waals surface area (Å²) in [5, 5.41) is 3.26. The number of halogens is 3. The van der Waals surface area contributed by atoms with Crippen LogP contribution in [0.4, 0.5) is 13.2 Å². The molecule has 0 radical (unpaired) electrons. The van der Waals surface area contributed by atoms with E-state index in [0.717, 1.165) is 45.2 Å². The molecule has 17 heavy (non-hydrogen) atoms. The van der Waals surface area contributed by atoms with Gasteiger partial charge in [0.2, 0.25) is 0 Å². The number of hydrogen-bond donors (Lipinski definition) is 1. The van der Waals surface area contributed by atoms with Gasteiger partial charge >= 0.3 is 6.18 Å². The molecule has 0 spiro atoms. The smallest absolute Gasteiger partial charge is 0.375 e. The minimum absolute atomic E-state index is 0.197. The molecule has 0 aliphatic heterocycles. The lowest BCUT2D eigenvalue weighted by Gasteiger charge is -2.42. The maximum atomic E-state index is 12.0. The third-order valence-electron chi connectivity index (χ3n) is 3.24. The summed E-state index contributed by atoms with van der Waals surface area (Å²) in [4.78, 5) is 0. The molecule has 0 unspecified atom stereocenters. The zero-order chi connectivity index (χ0) is 12.8. The van der Waals surface area contributed by atoms with Crippen molar-refractivity contribution in [1.82, 2.24) is 5.32 Å². The zero-order valence-corrected chi connectivity index (χ0v) is 10.4. The van der Waals surface area contributed by atoms with Gasteiger partial charge in [-0.3, -0.25) is 0 Å². The number of rotatable bonds is 8. The Labute approximate surface area is 101 Å². The molecule has 0 aromatic heterocycles. The van der Waals surface area contributed by atoms with Crippen molar-refractivity contribution in [3.05, 3.63) is 0 Å². The van der Waals surface area contributed by atoms with Crippen LogP contribution >= 0.6 is 0 Å². The molecule has 1 aliphatic carbocycles. The van der Waals surface area contributed by atoms with Crippen molar-refractivity contribution >= 4 is 0 Å². The monoisotopic (exact) mass is 253 g/mol. The van der Waals surface area contributed by atoms with Gasteiger partial charge in [0.25, 0.3) is 0 Å². The Balaban J connectivity index is 2.17. The topological polar surface area (TPSA) is 21.3 Å². The van der Waals surface area contributed by atoms with E-state index in [4.69, 9.17) is 4.74 Å². The highest BCUT2D eigenvalue weighted by atomic mass is 19.4. The predicted octanol–water partition coefficient (Wildman–Crippen LogP) is 3.27. The normalized spacial score (nSPS) is 19.1. The van der Waals surface area contributed by atoms with E-state index in [2.05, 4.69) is 12.2 Å². The minimum Gasteiger partial charge on any atom is -0.375 e. The molecule has 0 aromatic carbocycles. The summed E-state index contributed by atoms with van der Waals surface area (Å²) in [7, 11) is 0. The maximum Gasteiger partial charge on any atom is 0.391 e. The Morgan fingerprint density at radius 3 is 2.41 bits per heavy atom. The van der Waals surface area contributed by atoms with Crippen LogP contribution in [0.1, 0.15) is 45.4 Å². The fourth-order valence-electron chi connectivity index (χ4n) is 2.04. The van der Waals surface area contributed by atoms with Crippen LogP contribution in [0.2, 0.25) is 0 Å². The van der Waals surface area contributed by atoms with Crippen LogP contribution in [-0.2, 0) is 4.74 Å². The first-order chi connectivity index (χ1) is 7.97. The van der Waals surface area contributed by atoms with Gasteiger partial charge in [0, 0.05) is 0 Å². The quantitative estimate of drug-likeness (QED) is 0.670. The molecule has 0 bridgehead atoms. The lowest BCUT2D eigenvalue weighted by molar-refractivity contribution is -0.170. The fourth-order valence-corrected chi connectivity index (χ4v) is 2.04. The fraction of sp³-hybridized carbons (Fsp3) is 1.00. The van der Waals surface area contributed by atoms with Crippen molar-refractivity contribution < 1.29 is 17.9 Å². The first-order valence-electron chi connectivity index (χ1n) is 6.39. The molecular weight excluding hydrogens is 231 g/mol. The van der Waals surface area contributed by atoms with Crippen LogP contribution in [-0.4, -0.2) is 31.5 Å². The van der Waals surface area contributed by atoms with Gasteiger partial charge in [-0.2, -0.15) is 13.2 Å². The summed E-state index contributed by atoms with van der Waals surface area (Å²) in [6, 6.07) is 0. The molecular formula is C12H22F3NO. The summed E-state index contributed by atoms with van der Waals surface area (Å²) in [6.45, 7) is 3.68.